The summed E-state index contributed by atoms with van der Waals surface area (Å²) >= 11 is 5.64. The molecule has 0 bridgehead atoms. The Balaban J connectivity index is 1.44. The number of benzene rings is 2. The summed E-state index contributed by atoms with van der Waals surface area (Å²) in [6, 6.07) is 14.8. The minimum absolute atomic E-state index is 0.188. The summed E-state index contributed by atoms with van der Waals surface area (Å²) in [4.78, 5) is 16.4. The largest absolute Gasteiger partial charge is 0.417 e. The van der Waals surface area contributed by atoms with Gasteiger partial charge in [-0.25, -0.2) is 0 Å². The molecule has 2 heterocycles. The molecule has 33 heavy (non-hydrogen) atoms. The maximum Gasteiger partial charge on any atom is 0.417 e. The standard InChI is InChI=1S/C24H18ClF3N4O/c25-21-5-4-15(11-20(21)24(26,27)28)12-22(33)30-13-16-2-1-3-18(10-16)23-19(14-31-32-23)17-6-8-29-9-7-17/h1-11,14H,12-13H2,(H,30,33)(H,31,32). The van der Waals surface area contributed by atoms with Crippen molar-refractivity contribution in [1.82, 2.24) is 20.5 Å². The number of hydrogen-bond acceptors (Lipinski definition) is 3. The van der Waals surface area contributed by atoms with Gasteiger partial charge < -0.3 is 5.32 Å². The molecule has 5 nitrogen and oxygen atoms in total. The van der Waals surface area contributed by atoms with Gasteiger partial charge in [-0.15, -0.1) is 0 Å². The van der Waals surface area contributed by atoms with Crippen LogP contribution in [0.25, 0.3) is 22.4 Å². The highest BCUT2D eigenvalue weighted by molar-refractivity contribution is 6.31. The van der Waals surface area contributed by atoms with Crippen LogP contribution in [0.1, 0.15) is 16.7 Å². The van der Waals surface area contributed by atoms with Crippen molar-refractivity contribution in [2.75, 3.05) is 0 Å². The van der Waals surface area contributed by atoms with E-state index < -0.39 is 22.7 Å². The van der Waals surface area contributed by atoms with Crippen LogP contribution in [0.3, 0.4) is 0 Å². The van der Waals surface area contributed by atoms with Crippen LogP contribution in [0.4, 0.5) is 13.2 Å². The van der Waals surface area contributed by atoms with Crippen LogP contribution in [-0.4, -0.2) is 21.1 Å². The number of amides is 1. The summed E-state index contributed by atoms with van der Waals surface area (Å²) in [6.45, 7) is 0.227. The normalized spacial score (nSPS) is 11.4. The molecule has 0 saturated carbocycles. The number of nitrogens with one attached hydrogen (secondary N) is 2. The molecule has 0 saturated heterocycles. The van der Waals surface area contributed by atoms with Crippen molar-refractivity contribution in [3.05, 3.63) is 94.9 Å². The molecule has 0 aliphatic rings. The molecule has 0 radical (unpaired) electrons. The summed E-state index contributed by atoms with van der Waals surface area (Å²) in [7, 11) is 0. The molecule has 4 aromatic rings. The van der Waals surface area contributed by atoms with Crippen LogP contribution in [0.2, 0.25) is 5.02 Å². The molecule has 2 aromatic carbocycles. The molecule has 168 valence electrons. The molecular weight excluding hydrogens is 453 g/mol. The van der Waals surface area contributed by atoms with Crippen molar-refractivity contribution in [3.8, 4) is 22.4 Å². The smallest absolute Gasteiger partial charge is 0.352 e. The van der Waals surface area contributed by atoms with Gasteiger partial charge in [-0.05, 0) is 47.0 Å². The number of alkyl halides is 3. The fraction of sp³-hybridized carbons (Fsp3) is 0.125. The Labute approximate surface area is 192 Å². The quantitative estimate of drug-likeness (QED) is 0.381. The SMILES string of the molecule is O=C(Cc1ccc(Cl)c(C(F)(F)F)c1)NCc1cccc(-c2[nH]ncc2-c2ccncc2)c1. The Bertz CT molecular complexity index is 1270. The Kier molecular flexibility index (Phi) is 6.46. The van der Waals surface area contributed by atoms with Gasteiger partial charge in [0.2, 0.25) is 5.91 Å². The fourth-order valence-electron chi connectivity index (χ4n) is 3.44. The first-order chi connectivity index (χ1) is 15.8. The Hall–Kier alpha value is -3.65. The number of aromatic amines is 1. The predicted molar refractivity (Wildman–Crippen MR) is 119 cm³/mol. The van der Waals surface area contributed by atoms with Crippen LogP contribution < -0.4 is 5.32 Å². The molecule has 9 heteroatoms. The zero-order valence-electron chi connectivity index (χ0n) is 17.2. The van der Waals surface area contributed by atoms with Gasteiger partial charge >= 0.3 is 6.18 Å². The van der Waals surface area contributed by atoms with Gasteiger partial charge in [-0.2, -0.15) is 18.3 Å². The fourth-order valence-corrected chi connectivity index (χ4v) is 3.67. The van der Waals surface area contributed by atoms with Crippen LogP contribution in [0.15, 0.2) is 73.2 Å². The number of pyridine rings is 1. The molecule has 0 aliphatic carbocycles. The van der Waals surface area contributed by atoms with Crippen molar-refractivity contribution in [2.24, 2.45) is 0 Å². The number of carbonyl (C=O) groups excluding carboxylic acids is 1. The monoisotopic (exact) mass is 470 g/mol. The van der Waals surface area contributed by atoms with E-state index in [1.165, 1.54) is 6.07 Å². The predicted octanol–water partition coefficient (Wildman–Crippen LogP) is 5.67. The second kappa shape index (κ2) is 9.46. The van der Waals surface area contributed by atoms with E-state index in [1.54, 1.807) is 18.6 Å². The molecule has 0 aliphatic heterocycles. The van der Waals surface area contributed by atoms with E-state index in [-0.39, 0.29) is 18.5 Å². The van der Waals surface area contributed by atoms with Gasteiger partial charge in [0.25, 0.3) is 0 Å². The maximum atomic E-state index is 13.0. The van der Waals surface area contributed by atoms with Gasteiger partial charge in [0, 0.05) is 30.1 Å². The lowest BCUT2D eigenvalue weighted by Gasteiger charge is -2.11. The molecular formula is C24H18ClF3N4O. The highest BCUT2D eigenvalue weighted by Crippen LogP contribution is 2.35. The molecule has 4 rings (SSSR count). The van der Waals surface area contributed by atoms with Crippen molar-refractivity contribution in [3.63, 3.8) is 0 Å². The second-order valence-corrected chi connectivity index (χ2v) is 7.77. The molecule has 0 unspecified atom stereocenters. The van der Waals surface area contributed by atoms with Crippen molar-refractivity contribution in [2.45, 2.75) is 19.1 Å². The number of rotatable bonds is 6. The number of carbonyl (C=O) groups is 1. The third-order valence-corrected chi connectivity index (χ3v) is 5.37. The zero-order chi connectivity index (χ0) is 23.4. The van der Waals surface area contributed by atoms with E-state index in [9.17, 15) is 18.0 Å². The maximum absolute atomic E-state index is 13.0. The van der Waals surface area contributed by atoms with Crippen molar-refractivity contribution in [1.29, 1.82) is 0 Å². The number of aromatic nitrogens is 3. The number of H-pyrrole nitrogens is 1. The van der Waals surface area contributed by atoms with E-state index in [0.717, 1.165) is 40.1 Å². The highest BCUT2D eigenvalue weighted by atomic mass is 35.5. The van der Waals surface area contributed by atoms with Crippen LogP contribution in [-0.2, 0) is 23.9 Å². The van der Waals surface area contributed by atoms with Gasteiger partial charge in [-0.1, -0.05) is 35.9 Å². The Morgan fingerprint density at radius 3 is 2.55 bits per heavy atom. The van der Waals surface area contributed by atoms with Gasteiger partial charge in [0.1, 0.15) is 0 Å². The summed E-state index contributed by atoms with van der Waals surface area (Å²) < 4.78 is 39.1. The molecule has 0 fully saturated rings. The third kappa shape index (κ3) is 5.40. The molecule has 0 spiro atoms. The lowest BCUT2D eigenvalue weighted by molar-refractivity contribution is -0.137. The van der Waals surface area contributed by atoms with Crippen LogP contribution in [0.5, 0.6) is 0 Å². The summed E-state index contributed by atoms with van der Waals surface area (Å²) in [5.74, 6) is -0.394. The molecule has 2 aromatic heterocycles. The van der Waals surface area contributed by atoms with E-state index in [2.05, 4.69) is 20.5 Å². The first-order valence-electron chi connectivity index (χ1n) is 9.96. The lowest BCUT2D eigenvalue weighted by Crippen LogP contribution is -2.24. The summed E-state index contributed by atoms with van der Waals surface area (Å²) in [5, 5.41) is 9.52. The first-order valence-corrected chi connectivity index (χ1v) is 10.3. The zero-order valence-corrected chi connectivity index (χ0v) is 17.9. The minimum Gasteiger partial charge on any atom is -0.352 e. The topological polar surface area (TPSA) is 70.7 Å². The van der Waals surface area contributed by atoms with E-state index in [0.29, 0.717) is 0 Å². The average molecular weight is 471 g/mol. The van der Waals surface area contributed by atoms with E-state index in [1.807, 2.05) is 36.4 Å². The van der Waals surface area contributed by atoms with Crippen LogP contribution >= 0.6 is 11.6 Å². The Morgan fingerprint density at radius 1 is 1.00 bits per heavy atom. The number of hydrogen-bond donors (Lipinski definition) is 2. The second-order valence-electron chi connectivity index (χ2n) is 7.36. The van der Waals surface area contributed by atoms with Gasteiger partial charge in [0.15, 0.2) is 0 Å². The highest BCUT2D eigenvalue weighted by Gasteiger charge is 2.33. The summed E-state index contributed by atoms with van der Waals surface area (Å²) in [6.07, 6.45) is 0.381. The van der Waals surface area contributed by atoms with E-state index >= 15 is 0 Å². The van der Waals surface area contributed by atoms with Crippen molar-refractivity contribution < 1.29 is 18.0 Å². The molecule has 0 atom stereocenters. The van der Waals surface area contributed by atoms with Crippen molar-refractivity contribution >= 4 is 17.5 Å². The van der Waals surface area contributed by atoms with Gasteiger partial charge in [-0.3, -0.25) is 14.9 Å². The molecule has 2 N–H and O–H groups in total. The number of halogens is 4. The van der Waals surface area contributed by atoms with Crippen LogP contribution in [0, 0.1) is 0 Å². The third-order valence-electron chi connectivity index (χ3n) is 5.04. The minimum atomic E-state index is -4.58. The first kappa shape index (κ1) is 22.5. The number of nitrogens with zero attached hydrogens (tertiary/aromatic N) is 2. The van der Waals surface area contributed by atoms with E-state index in [4.69, 9.17) is 11.6 Å². The molecule has 1 amide bonds. The lowest BCUT2D eigenvalue weighted by atomic mass is 10.0. The summed E-state index contributed by atoms with van der Waals surface area (Å²) in [5.41, 5.74) is 3.72. The average Bonchev–Trinajstić information content (AvgIpc) is 3.29. The Morgan fingerprint density at radius 2 is 1.79 bits per heavy atom. The van der Waals surface area contributed by atoms with Gasteiger partial charge in [0.05, 0.1) is 28.9 Å².